The third kappa shape index (κ3) is 4.05. The van der Waals surface area contributed by atoms with E-state index in [9.17, 15) is 4.39 Å². The molecular weight excluding hydrogens is 249 g/mol. The summed E-state index contributed by atoms with van der Waals surface area (Å²) in [6, 6.07) is 5.55. The maximum absolute atomic E-state index is 14.2. The fourth-order valence-corrected chi connectivity index (χ4v) is 3.25. The van der Waals surface area contributed by atoms with E-state index in [0.717, 1.165) is 24.1 Å². The standard InChI is InChI=1S/C18H28FN/c1-13-9-10-17(19)16(11-13)15-8-6-5-7-14(15)12-20-18(2,3)4/h9-11,14-15,20H,5-8,12H2,1-4H3. The van der Waals surface area contributed by atoms with Crippen LogP contribution in [-0.4, -0.2) is 12.1 Å². The first-order chi connectivity index (χ1) is 9.37. The molecule has 20 heavy (non-hydrogen) atoms. The van der Waals surface area contributed by atoms with Crippen LogP contribution in [0.3, 0.4) is 0 Å². The van der Waals surface area contributed by atoms with Gasteiger partial charge in [-0.1, -0.05) is 30.5 Å². The Labute approximate surface area is 123 Å². The molecule has 1 aromatic carbocycles. The highest BCUT2D eigenvalue weighted by Gasteiger charge is 2.29. The Kier molecular flexibility index (Phi) is 4.85. The zero-order chi connectivity index (χ0) is 14.8. The van der Waals surface area contributed by atoms with Crippen molar-refractivity contribution in [3.05, 3.63) is 35.1 Å². The molecule has 0 spiro atoms. The molecule has 112 valence electrons. The molecule has 0 aromatic heterocycles. The highest BCUT2D eigenvalue weighted by Crippen LogP contribution is 2.39. The van der Waals surface area contributed by atoms with Gasteiger partial charge in [0.25, 0.3) is 0 Å². The summed E-state index contributed by atoms with van der Waals surface area (Å²) in [5.74, 6) is 0.904. The second kappa shape index (κ2) is 6.26. The number of hydrogen-bond acceptors (Lipinski definition) is 1. The summed E-state index contributed by atoms with van der Waals surface area (Å²) in [6.45, 7) is 9.62. The van der Waals surface area contributed by atoms with Gasteiger partial charge in [-0.2, -0.15) is 0 Å². The normalized spacial score (nSPS) is 23.9. The monoisotopic (exact) mass is 277 g/mol. The minimum absolute atomic E-state index is 0.0248. The third-order valence-electron chi connectivity index (χ3n) is 4.35. The van der Waals surface area contributed by atoms with Crippen molar-refractivity contribution >= 4 is 0 Å². The lowest BCUT2D eigenvalue weighted by atomic mass is 9.75. The van der Waals surface area contributed by atoms with Gasteiger partial charge in [-0.25, -0.2) is 4.39 Å². The molecule has 1 aromatic rings. The van der Waals surface area contributed by atoms with Crippen LogP contribution in [0.1, 0.15) is 63.5 Å². The Balaban J connectivity index is 2.16. The van der Waals surface area contributed by atoms with E-state index in [1.807, 2.05) is 13.0 Å². The molecule has 2 unspecified atom stereocenters. The highest BCUT2D eigenvalue weighted by atomic mass is 19.1. The molecule has 0 heterocycles. The third-order valence-corrected chi connectivity index (χ3v) is 4.35. The van der Waals surface area contributed by atoms with Crippen molar-refractivity contribution in [3.63, 3.8) is 0 Å². The van der Waals surface area contributed by atoms with Crippen molar-refractivity contribution in [2.45, 2.75) is 64.8 Å². The first-order valence-corrected chi connectivity index (χ1v) is 7.88. The van der Waals surface area contributed by atoms with Gasteiger partial charge >= 0.3 is 0 Å². The Morgan fingerprint density at radius 3 is 2.60 bits per heavy atom. The van der Waals surface area contributed by atoms with Crippen molar-refractivity contribution in [1.29, 1.82) is 0 Å². The van der Waals surface area contributed by atoms with E-state index in [0.29, 0.717) is 11.8 Å². The van der Waals surface area contributed by atoms with Gasteiger partial charge in [-0.15, -0.1) is 0 Å². The Hall–Kier alpha value is -0.890. The van der Waals surface area contributed by atoms with Gasteiger partial charge in [-0.05, 0) is 70.5 Å². The van der Waals surface area contributed by atoms with Gasteiger partial charge in [-0.3, -0.25) is 0 Å². The van der Waals surface area contributed by atoms with Crippen LogP contribution in [0.25, 0.3) is 0 Å². The molecule has 2 heteroatoms. The van der Waals surface area contributed by atoms with Gasteiger partial charge in [0.1, 0.15) is 5.82 Å². The maximum atomic E-state index is 14.2. The van der Waals surface area contributed by atoms with Crippen LogP contribution in [0, 0.1) is 18.7 Å². The van der Waals surface area contributed by atoms with Gasteiger partial charge < -0.3 is 5.32 Å². The fraction of sp³-hybridized carbons (Fsp3) is 0.667. The van der Waals surface area contributed by atoms with E-state index in [1.54, 1.807) is 6.07 Å². The topological polar surface area (TPSA) is 12.0 Å². The summed E-state index contributed by atoms with van der Waals surface area (Å²) in [5.41, 5.74) is 2.23. The van der Waals surface area contributed by atoms with Crippen LogP contribution in [-0.2, 0) is 0 Å². The van der Waals surface area contributed by atoms with Crippen LogP contribution in [0.2, 0.25) is 0 Å². The molecule has 1 N–H and O–H groups in total. The average Bonchev–Trinajstić information content (AvgIpc) is 2.39. The maximum Gasteiger partial charge on any atom is 0.126 e. The number of benzene rings is 1. The van der Waals surface area contributed by atoms with Crippen LogP contribution in [0.5, 0.6) is 0 Å². The average molecular weight is 277 g/mol. The van der Waals surface area contributed by atoms with Crippen LogP contribution in [0.15, 0.2) is 18.2 Å². The van der Waals surface area contributed by atoms with E-state index < -0.39 is 0 Å². The number of rotatable bonds is 3. The number of aryl methyl sites for hydroxylation is 1. The molecule has 0 saturated heterocycles. The van der Waals surface area contributed by atoms with Crippen molar-refractivity contribution < 1.29 is 4.39 Å². The Morgan fingerprint density at radius 1 is 1.20 bits per heavy atom. The minimum Gasteiger partial charge on any atom is -0.312 e. The quantitative estimate of drug-likeness (QED) is 0.837. The zero-order valence-corrected chi connectivity index (χ0v) is 13.3. The highest BCUT2D eigenvalue weighted by molar-refractivity contribution is 5.28. The van der Waals surface area contributed by atoms with Crippen LogP contribution >= 0.6 is 0 Å². The number of hydrogen-bond donors (Lipinski definition) is 1. The molecule has 0 aliphatic heterocycles. The number of nitrogens with one attached hydrogen (secondary N) is 1. The lowest BCUT2D eigenvalue weighted by Gasteiger charge is -2.34. The largest absolute Gasteiger partial charge is 0.312 e. The molecule has 1 saturated carbocycles. The van der Waals surface area contributed by atoms with E-state index in [-0.39, 0.29) is 11.4 Å². The Bertz CT molecular complexity index is 447. The SMILES string of the molecule is Cc1ccc(F)c(C2CCCCC2CNC(C)(C)C)c1. The Morgan fingerprint density at radius 2 is 1.90 bits per heavy atom. The predicted octanol–water partition coefficient (Wildman–Crippen LogP) is 4.80. The summed E-state index contributed by atoms with van der Waals surface area (Å²) in [5, 5.41) is 3.60. The fourth-order valence-electron chi connectivity index (χ4n) is 3.25. The zero-order valence-electron chi connectivity index (χ0n) is 13.3. The first kappa shape index (κ1) is 15.5. The second-order valence-corrected chi connectivity index (χ2v) is 7.31. The molecule has 0 bridgehead atoms. The van der Waals surface area contributed by atoms with Gasteiger partial charge in [0, 0.05) is 5.54 Å². The van der Waals surface area contributed by atoms with Crippen molar-refractivity contribution in [1.82, 2.24) is 5.32 Å². The molecule has 1 nitrogen and oxygen atoms in total. The van der Waals surface area contributed by atoms with Crippen molar-refractivity contribution in [2.75, 3.05) is 6.54 Å². The van der Waals surface area contributed by atoms with E-state index in [4.69, 9.17) is 0 Å². The minimum atomic E-state index is -0.0248. The number of halogens is 1. The lowest BCUT2D eigenvalue weighted by molar-refractivity contribution is 0.265. The molecule has 1 aliphatic rings. The smallest absolute Gasteiger partial charge is 0.126 e. The van der Waals surface area contributed by atoms with E-state index >= 15 is 0 Å². The molecule has 1 fully saturated rings. The van der Waals surface area contributed by atoms with Gasteiger partial charge in [0.2, 0.25) is 0 Å². The summed E-state index contributed by atoms with van der Waals surface area (Å²) in [6.07, 6.45) is 4.84. The molecule has 0 radical (unpaired) electrons. The van der Waals surface area contributed by atoms with Crippen molar-refractivity contribution in [3.8, 4) is 0 Å². The summed E-state index contributed by atoms with van der Waals surface area (Å²) in [7, 11) is 0. The summed E-state index contributed by atoms with van der Waals surface area (Å²) < 4.78 is 14.2. The summed E-state index contributed by atoms with van der Waals surface area (Å²) in [4.78, 5) is 0. The molecule has 0 amide bonds. The van der Waals surface area contributed by atoms with E-state index in [1.165, 1.54) is 19.3 Å². The van der Waals surface area contributed by atoms with Crippen molar-refractivity contribution in [2.24, 2.45) is 5.92 Å². The first-order valence-electron chi connectivity index (χ1n) is 7.88. The molecule has 2 atom stereocenters. The van der Waals surface area contributed by atoms with Crippen LogP contribution in [0.4, 0.5) is 4.39 Å². The molecule has 2 rings (SSSR count). The van der Waals surface area contributed by atoms with Gasteiger partial charge in [0.15, 0.2) is 0 Å². The molecule has 1 aliphatic carbocycles. The van der Waals surface area contributed by atoms with Crippen LogP contribution < -0.4 is 5.32 Å². The summed E-state index contributed by atoms with van der Waals surface area (Å²) >= 11 is 0. The van der Waals surface area contributed by atoms with E-state index in [2.05, 4.69) is 32.2 Å². The van der Waals surface area contributed by atoms with Gasteiger partial charge in [0.05, 0.1) is 0 Å². The lowest BCUT2D eigenvalue weighted by Crippen LogP contribution is -2.41. The predicted molar refractivity (Wildman–Crippen MR) is 83.6 cm³/mol. The molecular formula is C18H28FN. The second-order valence-electron chi connectivity index (χ2n) is 7.31.